The molecular formula is C14H32N2S. The molecule has 17 heavy (non-hydrogen) atoms. The highest BCUT2D eigenvalue weighted by molar-refractivity contribution is 7.99. The molecule has 0 amide bonds. The molecule has 0 heterocycles. The summed E-state index contributed by atoms with van der Waals surface area (Å²) in [7, 11) is 0. The predicted octanol–water partition coefficient (Wildman–Crippen LogP) is 3.28. The predicted molar refractivity (Wildman–Crippen MR) is 82.1 cm³/mol. The summed E-state index contributed by atoms with van der Waals surface area (Å²) in [6, 6.07) is 1.44. The van der Waals surface area contributed by atoms with Gasteiger partial charge in [0.05, 0.1) is 0 Å². The van der Waals surface area contributed by atoms with Crippen LogP contribution in [0.5, 0.6) is 0 Å². The Morgan fingerprint density at radius 2 is 1.06 bits per heavy atom. The Morgan fingerprint density at radius 1 is 0.706 bits per heavy atom. The van der Waals surface area contributed by atoms with Crippen LogP contribution < -0.4 is 10.6 Å². The number of thioether (sulfide) groups is 1. The van der Waals surface area contributed by atoms with Crippen molar-refractivity contribution >= 4 is 11.8 Å². The normalized spacial score (nSPS) is 11.6. The first kappa shape index (κ1) is 17.3. The average molecular weight is 260 g/mol. The summed E-state index contributed by atoms with van der Waals surface area (Å²) in [5, 5.41) is 7.20. The number of hydrogen-bond acceptors (Lipinski definition) is 3. The van der Waals surface area contributed by atoms with Crippen molar-refractivity contribution in [3.63, 3.8) is 0 Å². The van der Waals surface area contributed by atoms with Crippen molar-refractivity contribution in [1.82, 2.24) is 10.6 Å². The number of hydrogen-bond donors (Lipinski definition) is 2. The molecule has 0 atom stereocenters. The van der Waals surface area contributed by atoms with Gasteiger partial charge >= 0.3 is 0 Å². The molecular weight excluding hydrogens is 228 g/mol. The van der Waals surface area contributed by atoms with Crippen LogP contribution in [0.1, 0.15) is 53.4 Å². The van der Waals surface area contributed by atoms with E-state index in [1.807, 2.05) is 0 Å². The average Bonchev–Trinajstić information content (AvgIpc) is 2.37. The quantitative estimate of drug-likeness (QED) is 0.527. The smallest absolute Gasteiger partial charge is 0.00621 e. The lowest BCUT2D eigenvalue weighted by Crippen LogP contribution is -2.31. The maximum absolute atomic E-state index is 3.60. The second kappa shape index (κ2) is 12.7. The summed E-state index contributed by atoms with van der Waals surface area (Å²) in [4.78, 5) is 0. The lowest BCUT2D eigenvalue weighted by atomic mass is 10.2. The maximum atomic E-state index is 3.60. The van der Waals surface area contributed by atoms with Crippen molar-refractivity contribution in [2.45, 2.75) is 65.5 Å². The summed E-state index contributed by atoms with van der Waals surface area (Å²) in [6.07, 6.45) is 4.99. The van der Waals surface area contributed by atoms with E-state index >= 15 is 0 Å². The summed E-state index contributed by atoms with van der Waals surface area (Å²) < 4.78 is 0. The van der Waals surface area contributed by atoms with Crippen molar-refractivity contribution in [2.75, 3.05) is 24.6 Å². The molecule has 0 aliphatic rings. The molecule has 0 saturated heterocycles. The van der Waals surface area contributed by atoms with Gasteiger partial charge in [-0.05, 0) is 25.7 Å². The van der Waals surface area contributed by atoms with Gasteiger partial charge in [0.1, 0.15) is 0 Å². The monoisotopic (exact) mass is 260 g/mol. The Morgan fingerprint density at radius 3 is 1.35 bits per heavy atom. The van der Waals surface area contributed by atoms with Gasteiger partial charge in [0, 0.05) is 36.7 Å². The van der Waals surface area contributed by atoms with Crippen LogP contribution in [0.2, 0.25) is 0 Å². The van der Waals surface area contributed by atoms with E-state index in [4.69, 9.17) is 0 Å². The van der Waals surface area contributed by atoms with E-state index in [1.54, 1.807) is 0 Å². The molecule has 0 bridgehead atoms. The Balaban J connectivity index is 3.23. The van der Waals surface area contributed by atoms with Gasteiger partial charge in [-0.25, -0.2) is 0 Å². The second-order valence-electron chi connectivity index (χ2n) is 4.55. The van der Waals surface area contributed by atoms with Gasteiger partial charge in [-0.2, -0.15) is 11.8 Å². The third-order valence-corrected chi connectivity index (χ3v) is 4.32. The molecule has 0 aromatic heterocycles. The second-order valence-corrected chi connectivity index (χ2v) is 5.77. The molecule has 0 saturated carbocycles. The van der Waals surface area contributed by atoms with Crippen molar-refractivity contribution in [3.8, 4) is 0 Å². The highest BCUT2D eigenvalue weighted by atomic mass is 32.2. The third kappa shape index (κ3) is 9.93. The highest BCUT2D eigenvalue weighted by Gasteiger charge is 2.02. The molecule has 0 aliphatic carbocycles. The minimum atomic E-state index is 0.721. The fourth-order valence-electron chi connectivity index (χ4n) is 1.93. The molecule has 0 aliphatic heterocycles. The summed E-state index contributed by atoms with van der Waals surface area (Å²) in [6.45, 7) is 11.3. The van der Waals surface area contributed by atoms with Gasteiger partial charge in [0.15, 0.2) is 0 Å². The zero-order chi connectivity index (χ0) is 12.9. The molecule has 0 spiro atoms. The Hall–Kier alpha value is 0.270. The van der Waals surface area contributed by atoms with E-state index in [2.05, 4.69) is 50.1 Å². The maximum Gasteiger partial charge on any atom is 0.00621 e. The van der Waals surface area contributed by atoms with E-state index in [0.717, 1.165) is 25.2 Å². The lowest BCUT2D eigenvalue weighted by Gasteiger charge is -2.15. The van der Waals surface area contributed by atoms with Gasteiger partial charge in [0.2, 0.25) is 0 Å². The standard InChI is InChI=1S/C14H32N2S/c1-5-13(6-2)15-9-11-17-12-10-16-14(7-3)8-4/h13-16H,5-12H2,1-4H3. The van der Waals surface area contributed by atoms with Gasteiger partial charge in [-0.1, -0.05) is 27.7 Å². The van der Waals surface area contributed by atoms with Crippen LogP contribution in [-0.4, -0.2) is 36.7 Å². The Labute approximate surface area is 113 Å². The van der Waals surface area contributed by atoms with E-state index in [1.165, 1.54) is 37.2 Å². The van der Waals surface area contributed by atoms with Gasteiger partial charge in [-0.3, -0.25) is 0 Å². The molecule has 3 heteroatoms. The highest BCUT2D eigenvalue weighted by Crippen LogP contribution is 2.01. The molecule has 104 valence electrons. The fourth-order valence-corrected chi connectivity index (χ4v) is 2.66. The minimum absolute atomic E-state index is 0.721. The largest absolute Gasteiger partial charge is 0.313 e. The zero-order valence-corrected chi connectivity index (χ0v) is 13.0. The lowest BCUT2D eigenvalue weighted by molar-refractivity contribution is 0.499. The Bertz CT molecular complexity index is 129. The van der Waals surface area contributed by atoms with Crippen LogP contribution in [0.3, 0.4) is 0 Å². The first-order chi connectivity index (χ1) is 8.28. The molecule has 0 rings (SSSR count). The van der Waals surface area contributed by atoms with E-state index in [9.17, 15) is 0 Å². The van der Waals surface area contributed by atoms with Crippen molar-refractivity contribution in [1.29, 1.82) is 0 Å². The van der Waals surface area contributed by atoms with Crippen LogP contribution in [0, 0.1) is 0 Å². The molecule has 2 nitrogen and oxygen atoms in total. The number of nitrogens with one attached hydrogen (secondary N) is 2. The van der Waals surface area contributed by atoms with Crippen LogP contribution in [0.15, 0.2) is 0 Å². The first-order valence-electron chi connectivity index (χ1n) is 7.32. The molecule has 0 unspecified atom stereocenters. The van der Waals surface area contributed by atoms with Crippen molar-refractivity contribution in [3.05, 3.63) is 0 Å². The van der Waals surface area contributed by atoms with Crippen LogP contribution in [-0.2, 0) is 0 Å². The molecule has 0 aromatic rings. The van der Waals surface area contributed by atoms with Gasteiger partial charge in [-0.15, -0.1) is 0 Å². The van der Waals surface area contributed by atoms with E-state index < -0.39 is 0 Å². The third-order valence-electron chi connectivity index (χ3n) is 3.33. The summed E-state index contributed by atoms with van der Waals surface area (Å²) in [5.74, 6) is 2.47. The molecule has 0 fully saturated rings. The molecule has 2 N–H and O–H groups in total. The fraction of sp³-hybridized carbons (Fsp3) is 1.00. The van der Waals surface area contributed by atoms with Crippen molar-refractivity contribution < 1.29 is 0 Å². The van der Waals surface area contributed by atoms with Crippen LogP contribution in [0.25, 0.3) is 0 Å². The molecule has 0 radical (unpaired) electrons. The Kier molecular flexibility index (Phi) is 12.9. The van der Waals surface area contributed by atoms with Gasteiger partial charge in [0.25, 0.3) is 0 Å². The number of rotatable bonds is 12. The van der Waals surface area contributed by atoms with Crippen molar-refractivity contribution in [2.24, 2.45) is 0 Å². The first-order valence-corrected chi connectivity index (χ1v) is 8.48. The van der Waals surface area contributed by atoms with Crippen LogP contribution in [0.4, 0.5) is 0 Å². The summed E-state index contributed by atoms with van der Waals surface area (Å²) >= 11 is 2.05. The minimum Gasteiger partial charge on any atom is -0.313 e. The molecule has 0 aromatic carbocycles. The topological polar surface area (TPSA) is 24.1 Å². The van der Waals surface area contributed by atoms with Gasteiger partial charge < -0.3 is 10.6 Å². The van der Waals surface area contributed by atoms with Crippen LogP contribution >= 0.6 is 11.8 Å². The summed E-state index contributed by atoms with van der Waals surface area (Å²) in [5.41, 5.74) is 0. The van der Waals surface area contributed by atoms with E-state index in [0.29, 0.717) is 0 Å². The van der Waals surface area contributed by atoms with E-state index in [-0.39, 0.29) is 0 Å². The SMILES string of the molecule is CCC(CC)NCCSCCNC(CC)CC. The zero-order valence-electron chi connectivity index (χ0n) is 12.2.